The molecule has 0 aliphatic carbocycles. The van der Waals surface area contributed by atoms with Crippen molar-refractivity contribution in [3.05, 3.63) is 96.7 Å². The fourth-order valence-electron chi connectivity index (χ4n) is 2.92. The summed E-state index contributed by atoms with van der Waals surface area (Å²) in [6.07, 6.45) is 0. The van der Waals surface area contributed by atoms with Crippen LogP contribution in [0.25, 0.3) is 11.3 Å². The maximum absolute atomic E-state index is 13.3. The molecular formula is C22H18N2O2S2. The van der Waals surface area contributed by atoms with Gasteiger partial charge in [-0.25, -0.2) is 0 Å². The van der Waals surface area contributed by atoms with E-state index in [0.29, 0.717) is 11.4 Å². The molecule has 0 spiro atoms. The molecule has 0 radical (unpaired) electrons. The van der Waals surface area contributed by atoms with Crippen LogP contribution in [-0.2, 0) is 10.0 Å². The van der Waals surface area contributed by atoms with Gasteiger partial charge in [0.05, 0.1) is 15.5 Å². The van der Waals surface area contributed by atoms with Crippen LogP contribution in [0.15, 0.2) is 106 Å². The van der Waals surface area contributed by atoms with Crippen LogP contribution in [0, 0.1) is 6.92 Å². The highest BCUT2D eigenvalue weighted by Gasteiger charge is 2.27. The van der Waals surface area contributed by atoms with Gasteiger partial charge in [-0.3, -0.25) is 0 Å². The first-order chi connectivity index (χ1) is 13.6. The molecule has 0 bridgehead atoms. The van der Waals surface area contributed by atoms with Crippen molar-refractivity contribution in [2.75, 3.05) is 0 Å². The van der Waals surface area contributed by atoms with Gasteiger partial charge >= 0.3 is 0 Å². The zero-order chi connectivity index (χ0) is 19.6. The molecule has 4 aromatic rings. The van der Waals surface area contributed by atoms with Gasteiger partial charge in [0.1, 0.15) is 5.69 Å². The Labute approximate surface area is 168 Å². The fraction of sp³-hybridized carbons (Fsp3) is 0.0455. The standard InChI is InChI=1S/C22H18N2O2S2/c1-17-22(27-19-13-7-3-8-14-19)21(18-11-5-2-6-12-18)24(23-17)28(25,26)20-15-9-4-10-16-20/h2-16H,1H3. The maximum Gasteiger partial charge on any atom is 0.283 e. The van der Waals surface area contributed by atoms with Crippen molar-refractivity contribution in [2.24, 2.45) is 0 Å². The third-order valence-electron chi connectivity index (χ3n) is 4.25. The van der Waals surface area contributed by atoms with Gasteiger partial charge < -0.3 is 0 Å². The van der Waals surface area contributed by atoms with E-state index in [-0.39, 0.29) is 4.90 Å². The largest absolute Gasteiger partial charge is 0.283 e. The Balaban J connectivity index is 1.94. The summed E-state index contributed by atoms with van der Waals surface area (Å²) in [4.78, 5) is 2.07. The topological polar surface area (TPSA) is 52.0 Å². The highest BCUT2D eigenvalue weighted by atomic mass is 32.2. The first kappa shape index (κ1) is 18.5. The Morgan fingerprint density at radius 1 is 0.786 bits per heavy atom. The second-order valence-corrected chi connectivity index (χ2v) is 9.06. The summed E-state index contributed by atoms with van der Waals surface area (Å²) in [6, 6.07) is 27.8. The molecule has 0 aliphatic rings. The van der Waals surface area contributed by atoms with E-state index < -0.39 is 10.0 Å². The first-order valence-electron chi connectivity index (χ1n) is 8.76. The lowest BCUT2D eigenvalue weighted by atomic mass is 10.1. The summed E-state index contributed by atoms with van der Waals surface area (Å²) in [6.45, 7) is 1.84. The van der Waals surface area contributed by atoms with Gasteiger partial charge in [0, 0.05) is 10.5 Å². The average molecular weight is 407 g/mol. The van der Waals surface area contributed by atoms with E-state index in [1.807, 2.05) is 67.6 Å². The minimum Gasteiger partial charge on any atom is -0.199 e. The molecule has 0 saturated carbocycles. The van der Waals surface area contributed by atoms with Crippen molar-refractivity contribution >= 4 is 21.8 Å². The van der Waals surface area contributed by atoms with E-state index in [2.05, 4.69) is 5.10 Å². The molecule has 3 aromatic carbocycles. The molecule has 6 heteroatoms. The zero-order valence-electron chi connectivity index (χ0n) is 15.2. The first-order valence-corrected chi connectivity index (χ1v) is 11.0. The smallest absolute Gasteiger partial charge is 0.199 e. The Hall–Kier alpha value is -2.83. The molecule has 0 saturated heterocycles. The second-order valence-electron chi connectivity index (χ2n) is 6.21. The van der Waals surface area contributed by atoms with Gasteiger partial charge in [0.15, 0.2) is 0 Å². The lowest BCUT2D eigenvalue weighted by Gasteiger charge is -2.11. The van der Waals surface area contributed by atoms with Crippen LogP contribution in [0.2, 0.25) is 0 Å². The molecule has 4 nitrogen and oxygen atoms in total. The molecule has 0 N–H and O–H groups in total. The summed E-state index contributed by atoms with van der Waals surface area (Å²) < 4.78 is 27.8. The summed E-state index contributed by atoms with van der Waals surface area (Å²) in [5.74, 6) is 0. The molecule has 0 aliphatic heterocycles. The summed E-state index contributed by atoms with van der Waals surface area (Å²) in [7, 11) is -3.82. The molecule has 0 atom stereocenters. The molecule has 0 unspecified atom stereocenters. The number of aryl methyl sites for hydroxylation is 1. The number of hydrogen-bond acceptors (Lipinski definition) is 4. The van der Waals surface area contributed by atoms with Gasteiger partial charge in [0.25, 0.3) is 10.0 Å². The van der Waals surface area contributed by atoms with Crippen molar-refractivity contribution in [1.82, 2.24) is 9.19 Å². The molecule has 0 amide bonds. The summed E-state index contributed by atoms with van der Waals surface area (Å²) in [5.41, 5.74) is 2.06. The number of rotatable bonds is 5. The SMILES string of the molecule is Cc1nn(S(=O)(=O)c2ccccc2)c(-c2ccccc2)c1Sc1ccccc1. The third-order valence-corrected chi connectivity index (χ3v) is 7.04. The highest BCUT2D eigenvalue weighted by Crippen LogP contribution is 2.39. The van der Waals surface area contributed by atoms with Gasteiger partial charge in [-0.05, 0) is 31.2 Å². The van der Waals surface area contributed by atoms with Crippen molar-refractivity contribution in [3.8, 4) is 11.3 Å². The van der Waals surface area contributed by atoms with Crippen LogP contribution in [0.5, 0.6) is 0 Å². The van der Waals surface area contributed by atoms with Crippen LogP contribution in [0.3, 0.4) is 0 Å². The summed E-state index contributed by atoms with van der Waals surface area (Å²) >= 11 is 1.52. The Morgan fingerprint density at radius 3 is 1.93 bits per heavy atom. The minimum atomic E-state index is -3.82. The fourth-order valence-corrected chi connectivity index (χ4v) is 5.37. The minimum absolute atomic E-state index is 0.214. The average Bonchev–Trinajstić information content (AvgIpc) is 3.07. The number of aromatic nitrogens is 2. The van der Waals surface area contributed by atoms with E-state index in [1.165, 1.54) is 11.8 Å². The van der Waals surface area contributed by atoms with Crippen molar-refractivity contribution in [3.63, 3.8) is 0 Å². The number of benzene rings is 3. The maximum atomic E-state index is 13.3. The van der Waals surface area contributed by atoms with E-state index in [9.17, 15) is 8.42 Å². The van der Waals surface area contributed by atoms with Gasteiger partial charge in [0.2, 0.25) is 0 Å². The lowest BCUT2D eigenvalue weighted by Crippen LogP contribution is -2.16. The van der Waals surface area contributed by atoms with Crippen LogP contribution >= 0.6 is 11.8 Å². The molecule has 0 fully saturated rings. The van der Waals surface area contributed by atoms with E-state index in [0.717, 1.165) is 19.4 Å². The second kappa shape index (κ2) is 7.66. The Bertz CT molecular complexity index is 1190. The van der Waals surface area contributed by atoms with Crippen molar-refractivity contribution in [1.29, 1.82) is 0 Å². The van der Waals surface area contributed by atoms with Gasteiger partial charge in [-0.15, -0.1) is 0 Å². The Morgan fingerprint density at radius 2 is 1.32 bits per heavy atom. The van der Waals surface area contributed by atoms with Crippen LogP contribution < -0.4 is 0 Å². The third kappa shape index (κ3) is 3.48. The highest BCUT2D eigenvalue weighted by molar-refractivity contribution is 7.99. The lowest BCUT2D eigenvalue weighted by molar-refractivity contribution is 0.580. The zero-order valence-corrected chi connectivity index (χ0v) is 16.8. The number of hydrogen-bond donors (Lipinski definition) is 0. The van der Waals surface area contributed by atoms with E-state index in [1.54, 1.807) is 30.3 Å². The van der Waals surface area contributed by atoms with Crippen LogP contribution in [0.1, 0.15) is 5.69 Å². The quantitative estimate of drug-likeness (QED) is 0.454. The predicted molar refractivity (Wildman–Crippen MR) is 112 cm³/mol. The number of nitrogens with zero attached hydrogens (tertiary/aromatic N) is 2. The Kier molecular flexibility index (Phi) is 5.07. The van der Waals surface area contributed by atoms with Crippen LogP contribution in [-0.4, -0.2) is 17.6 Å². The van der Waals surface area contributed by atoms with Gasteiger partial charge in [-0.2, -0.15) is 17.6 Å². The molecule has 4 rings (SSSR count). The van der Waals surface area contributed by atoms with Crippen molar-refractivity contribution < 1.29 is 8.42 Å². The molecular weight excluding hydrogens is 388 g/mol. The van der Waals surface area contributed by atoms with E-state index in [4.69, 9.17) is 0 Å². The molecule has 140 valence electrons. The van der Waals surface area contributed by atoms with Crippen LogP contribution in [0.4, 0.5) is 0 Å². The molecule has 1 aromatic heterocycles. The van der Waals surface area contributed by atoms with Crippen molar-refractivity contribution in [2.45, 2.75) is 21.6 Å². The normalized spacial score (nSPS) is 11.5. The molecule has 1 heterocycles. The van der Waals surface area contributed by atoms with E-state index >= 15 is 0 Å². The predicted octanol–water partition coefficient (Wildman–Crippen LogP) is 5.25. The summed E-state index contributed by atoms with van der Waals surface area (Å²) in [5, 5.41) is 4.44. The molecule has 28 heavy (non-hydrogen) atoms. The van der Waals surface area contributed by atoms with Gasteiger partial charge in [-0.1, -0.05) is 78.5 Å². The monoisotopic (exact) mass is 406 g/mol.